The van der Waals surface area contributed by atoms with Crippen LogP contribution in [0.5, 0.6) is 0 Å². The molecule has 4 heteroatoms. The van der Waals surface area contributed by atoms with E-state index in [2.05, 4.69) is 31.0 Å². The number of halogens is 2. The molecule has 2 unspecified atom stereocenters. The molecule has 21 heavy (non-hydrogen) atoms. The van der Waals surface area contributed by atoms with Crippen LogP contribution in [0, 0.1) is 23.0 Å². The number of hydrogen-bond acceptors (Lipinski definition) is 2. The summed E-state index contributed by atoms with van der Waals surface area (Å²) in [6.45, 7) is 9.56. The Hall–Kier alpha value is -1.00. The summed E-state index contributed by atoms with van der Waals surface area (Å²) in [5.74, 6) is -0.850. The van der Waals surface area contributed by atoms with Crippen molar-refractivity contribution in [2.75, 3.05) is 26.7 Å². The quantitative estimate of drug-likeness (QED) is 0.913. The van der Waals surface area contributed by atoms with Crippen LogP contribution >= 0.6 is 0 Å². The molecule has 2 atom stereocenters. The third kappa shape index (κ3) is 3.80. The van der Waals surface area contributed by atoms with Gasteiger partial charge in [-0.25, -0.2) is 8.78 Å². The van der Waals surface area contributed by atoms with Gasteiger partial charge >= 0.3 is 0 Å². The molecule has 118 valence electrons. The van der Waals surface area contributed by atoms with Gasteiger partial charge in [-0.2, -0.15) is 0 Å². The summed E-state index contributed by atoms with van der Waals surface area (Å²) in [5, 5.41) is 3.12. The Labute approximate surface area is 126 Å². The first-order valence-corrected chi connectivity index (χ1v) is 7.66. The Balaban J connectivity index is 2.06. The van der Waals surface area contributed by atoms with Crippen molar-refractivity contribution in [2.45, 2.75) is 33.2 Å². The van der Waals surface area contributed by atoms with Gasteiger partial charge in [-0.3, -0.25) is 0 Å². The van der Waals surface area contributed by atoms with E-state index in [0.29, 0.717) is 23.4 Å². The molecule has 0 spiro atoms. The van der Waals surface area contributed by atoms with Gasteiger partial charge in [0.15, 0.2) is 11.6 Å². The molecule has 0 radical (unpaired) electrons. The summed E-state index contributed by atoms with van der Waals surface area (Å²) in [7, 11) is 1.80. The highest BCUT2D eigenvalue weighted by atomic mass is 19.2. The Morgan fingerprint density at radius 3 is 2.62 bits per heavy atom. The average Bonchev–Trinajstić information content (AvgIpc) is 2.88. The lowest BCUT2D eigenvalue weighted by Crippen LogP contribution is -2.34. The van der Waals surface area contributed by atoms with Gasteiger partial charge in [-0.1, -0.05) is 32.9 Å². The molecule has 0 amide bonds. The molecule has 1 aromatic rings. The maximum absolute atomic E-state index is 13.9. The highest BCUT2D eigenvalue weighted by molar-refractivity contribution is 5.23. The lowest BCUT2D eigenvalue weighted by atomic mass is 9.80. The number of hydrogen-bond donors (Lipinski definition) is 1. The first kappa shape index (κ1) is 16.4. The highest BCUT2D eigenvalue weighted by Gasteiger charge is 2.32. The monoisotopic (exact) mass is 296 g/mol. The van der Waals surface area contributed by atoms with E-state index in [-0.39, 0.29) is 6.04 Å². The molecule has 0 aliphatic carbocycles. The van der Waals surface area contributed by atoms with Crippen molar-refractivity contribution in [3.05, 3.63) is 35.4 Å². The van der Waals surface area contributed by atoms with Gasteiger partial charge in [-0.15, -0.1) is 0 Å². The number of benzene rings is 1. The number of likely N-dealkylation sites (N-methyl/N-ethyl adjacent to an activating group) is 1. The lowest BCUT2D eigenvalue weighted by molar-refractivity contribution is 0.220. The van der Waals surface area contributed by atoms with Crippen LogP contribution in [-0.4, -0.2) is 31.6 Å². The number of likely N-dealkylation sites (tertiary alicyclic amines) is 1. The average molecular weight is 296 g/mol. The van der Waals surface area contributed by atoms with Crippen LogP contribution in [0.3, 0.4) is 0 Å². The van der Waals surface area contributed by atoms with Crippen molar-refractivity contribution in [1.29, 1.82) is 0 Å². The summed E-state index contributed by atoms with van der Waals surface area (Å²) < 4.78 is 27.3. The lowest BCUT2D eigenvalue weighted by Gasteiger charge is -2.28. The molecule has 1 aliphatic heterocycles. The van der Waals surface area contributed by atoms with E-state index in [9.17, 15) is 8.78 Å². The second kappa shape index (κ2) is 6.41. The van der Waals surface area contributed by atoms with Gasteiger partial charge in [0.1, 0.15) is 0 Å². The molecule has 1 N–H and O–H groups in total. The zero-order chi connectivity index (χ0) is 15.6. The molecule has 0 saturated carbocycles. The van der Waals surface area contributed by atoms with Gasteiger partial charge < -0.3 is 10.2 Å². The van der Waals surface area contributed by atoms with E-state index in [1.165, 1.54) is 6.42 Å². The van der Waals surface area contributed by atoms with E-state index >= 15 is 0 Å². The first-order chi connectivity index (χ1) is 9.82. The van der Waals surface area contributed by atoms with Crippen molar-refractivity contribution in [2.24, 2.45) is 11.3 Å². The van der Waals surface area contributed by atoms with Crippen LogP contribution in [-0.2, 0) is 0 Å². The highest BCUT2D eigenvalue weighted by Crippen LogP contribution is 2.34. The normalized spacial score (nSPS) is 21.7. The van der Waals surface area contributed by atoms with Crippen molar-refractivity contribution >= 4 is 0 Å². The van der Waals surface area contributed by atoms with E-state index in [4.69, 9.17) is 0 Å². The molecule has 0 aromatic heterocycles. The topological polar surface area (TPSA) is 15.3 Å². The maximum atomic E-state index is 13.9. The minimum absolute atomic E-state index is 0.181. The summed E-state index contributed by atoms with van der Waals surface area (Å²) in [5.41, 5.74) is 0.713. The minimum Gasteiger partial charge on any atom is -0.312 e. The molecule has 1 aliphatic rings. The summed E-state index contributed by atoms with van der Waals surface area (Å²) >= 11 is 0. The van der Waals surface area contributed by atoms with Crippen LogP contribution in [0.4, 0.5) is 8.78 Å². The van der Waals surface area contributed by atoms with Crippen LogP contribution in [0.15, 0.2) is 18.2 Å². The largest absolute Gasteiger partial charge is 0.312 e. The van der Waals surface area contributed by atoms with Gasteiger partial charge in [0, 0.05) is 24.7 Å². The van der Waals surface area contributed by atoms with Crippen molar-refractivity contribution < 1.29 is 8.78 Å². The SMILES string of the molecule is CNC(CN1CCC(C(C)(C)C)C1)c1cccc(F)c1F. The number of nitrogens with zero attached hydrogens (tertiary/aromatic N) is 1. The van der Waals surface area contributed by atoms with Crippen LogP contribution in [0.1, 0.15) is 38.8 Å². The molecule has 2 rings (SSSR count). The molecular formula is C17H26F2N2. The standard InChI is InChI=1S/C17H26F2N2/c1-17(2,3)12-8-9-21(10-12)11-15(20-4)13-6-5-7-14(18)16(13)19/h5-7,12,15,20H,8-11H2,1-4H3. The van der Waals surface area contributed by atoms with Crippen molar-refractivity contribution in [3.63, 3.8) is 0 Å². The van der Waals surface area contributed by atoms with Gasteiger partial charge in [-0.05, 0) is 37.4 Å². The zero-order valence-electron chi connectivity index (χ0n) is 13.4. The Bertz CT molecular complexity index is 482. The van der Waals surface area contributed by atoms with E-state index in [0.717, 1.165) is 19.2 Å². The van der Waals surface area contributed by atoms with Crippen molar-refractivity contribution in [1.82, 2.24) is 10.2 Å². The molecule has 1 aromatic carbocycles. The summed E-state index contributed by atoms with van der Waals surface area (Å²) in [4.78, 5) is 2.35. The Morgan fingerprint density at radius 1 is 1.33 bits per heavy atom. The van der Waals surface area contributed by atoms with Crippen LogP contribution in [0.25, 0.3) is 0 Å². The number of rotatable bonds is 4. The van der Waals surface area contributed by atoms with E-state index < -0.39 is 11.6 Å². The smallest absolute Gasteiger partial charge is 0.163 e. The van der Waals surface area contributed by atoms with E-state index in [1.54, 1.807) is 19.2 Å². The fourth-order valence-electron chi connectivity index (χ4n) is 3.10. The molecule has 1 fully saturated rings. The zero-order valence-corrected chi connectivity index (χ0v) is 13.4. The fraction of sp³-hybridized carbons (Fsp3) is 0.647. The van der Waals surface area contributed by atoms with Gasteiger partial charge in [0.2, 0.25) is 0 Å². The van der Waals surface area contributed by atoms with Crippen LogP contribution < -0.4 is 5.32 Å². The Morgan fingerprint density at radius 2 is 2.05 bits per heavy atom. The number of nitrogens with one attached hydrogen (secondary N) is 1. The molecule has 1 saturated heterocycles. The van der Waals surface area contributed by atoms with E-state index in [1.807, 2.05) is 0 Å². The molecule has 2 nitrogen and oxygen atoms in total. The second-order valence-corrected chi connectivity index (χ2v) is 7.10. The predicted octanol–water partition coefficient (Wildman–Crippen LogP) is 3.59. The fourth-order valence-corrected chi connectivity index (χ4v) is 3.10. The third-order valence-electron chi connectivity index (χ3n) is 4.64. The van der Waals surface area contributed by atoms with Gasteiger partial charge in [0.25, 0.3) is 0 Å². The second-order valence-electron chi connectivity index (χ2n) is 7.10. The maximum Gasteiger partial charge on any atom is 0.163 e. The summed E-state index contributed by atoms with van der Waals surface area (Å²) in [6, 6.07) is 4.22. The first-order valence-electron chi connectivity index (χ1n) is 7.66. The Kier molecular flexibility index (Phi) is 4.99. The molecular weight excluding hydrogens is 270 g/mol. The van der Waals surface area contributed by atoms with Crippen LogP contribution in [0.2, 0.25) is 0 Å². The van der Waals surface area contributed by atoms with Gasteiger partial charge in [0.05, 0.1) is 0 Å². The third-order valence-corrected chi connectivity index (χ3v) is 4.64. The minimum atomic E-state index is -0.776. The predicted molar refractivity (Wildman–Crippen MR) is 82.2 cm³/mol. The molecule has 1 heterocycles. The van der Waals surface area contributed by atoms with Crippen molar-refractivity contribution in [3.8, 4) is 0 Å². The summed E-state index contributed by atoms with van der Waals surface area (Å²) in [6.07, 6.45) is 1.17. The molecule has 0 bridgehead atoms.